The van der Waals surface area contributed by atoms with E-state index in [-0.39, 0.29) is 10.7 Å². The lowest BCUT2D eigenvalue weighted by Gasteiger charge is -2.29. The Morgan fingerprint density at radius 1 is 1.20 bits per heavy atom. The molecule has 1 aliphatic rings. The first-order valence-electron chi connectivity index (χ1n) is 8.18. The van der Waals surface area contributed by atoms with Crippen molar-refractivity contribution in [3.05, 3.63) is 59.1 Å². The van der Waals surface area contributed by atoms with E-state index in [0.29, 0.717) is 24.1 Å². The summed E-state index contributed by atoms with van der Waals surface area (Å²) >= 11 is 12.6. The number of ether oxygens (including phenoxy) is 1. The third-order valence-corrected chi connectivity index (χ3v) is 6.27. The van der Waals surface area contributed by atoms with E-state index in [0.717, 1.165) is 4.47 Å². The van der Waals surface area contributed by atoms with Gasteiger partial charge in [-0.15, -0.1) is 0 Å². The molecule has 2 aromatic carbocycles. The molecule has 1 saturated heterocycles. The predicted molar refractivity (Wildman–Crippen MR) is 135 cm³/mol. The van der Waals surface area contributed by atoms with E-state index in [9.17, 15) is 14.4 Å². The van der Waals surface area contributed by atoms with Crippen LogP contribution in [-0.4, -0.2) is 34.6 Å². The molecule has 7 nitrogen and oxygen atoms in total. The van der Waals surface area contributed by atoms with Crippen molar-refractivity contribution >= 4 is 108 Å². The number of halogens is 3. The highest BCUT2D eigenvalue weighted by Crippen LogP contribution is 2.30. The first kappa shape index (κ1) is 23.1. The molecule has 0 saturated carbocycles. The van der Waals surface area contributed by atoms with Gasteiger partial charge < -0.3 is 9.84 Å². The largest absolute Gasteiger partial charge is 0.480 e. The Balaban J connectivity index is 1.96. The number of carbonyl (C=O) groups is 3. The number of thiocarbonyl (C=S) groups is 1. The van der Waals surface area contributed by atoms with Crippen LogP contribution in [0.15, 0.2) is 46.4 Å². The summed E-state index contributed by atoms with van der Waals surface area (Å²) in [5.41, 5.74) is 1.05. The minimum Gasteiger partial charge on any atom is -0.480 e. The Morgan fingerprint density at radius 2 is 1.80 bits per heavy atom. The van der Waals surface area contributed by atoms with Gasteiger partial charge in [0, 0.05) is 4.47 Å². The summed E-state index contributed by atoms with van der Waals surface area (Å²) in [4.78, 5) is 37.5. The van der Waals surface area contributed by atoms with Crippen LogP contribution in [0.3, 0.4) is 0 Å². The van der Waals surface area contributed by atoms with E-state index in [2.05, 4.69) is 21.2 Å². The van der Waals surface area contributed by atoms with Crippen LogP contribution in [0.5, 0.6) is 5.75 Å². The molecule has 11 heteroatoms. The normalized spacial score (nSPS) is 15.4. The minimum absolute atomic E-state index is 0.00560. The number of carboxylic acids is 1. The van der Waals surface area contributed by atoms with Crippen LogP contribution in [0.1, 0.15) is 5.56 Å². The highest BCUT2D eigenvalue weighted by atomic mass is 127. The number of rotatable bonds is 5. The fourth-order valence-corrected chi connectivity index (χ4v) is 5.26. The van der Waals surface area contributed by atoms with Gasteiger partial charge in [0.1, 0.15) is 11.3 Å². The number of aliphatic carboxylic acids is 1. The number of nitrogens with one attached hydrogen (secondary N) is 1. The molecule has 0 aliphatic carbocycles. The molecular formula is C19H11BrI2N2O5S. The quantitative estimate of drug-likeness (QED) is 0.211. The number of hydrogen-bond acceptors (Lipinski definition) is 5. The number of anilines is 1. The summed E-state index contributed by atoms with van der Waals surface area (Å²) in [6.45, 7) is -0.465. The Hall–Kier alpha value is -1.58. The summed E-state index contributed by atoms with van der Waals surface area (Å²) < 4.78 is 7.45. The monoisotopic (exact) mass is 712 g/mol. The molecule has 0 aromatic heterocycles. The van der Waals surface area contributed by atoms with Crippen LogP contribution in [0.25, 0.3) is 6.08 Å². The maximum atomic E-state index is 13.1. The third kappa shape index (κ3) is 5.18. The lowest BCUT2D eigenvalue weighted by Crippen LogP contribution is -2.54. The van der Waals surface area contributed by atoms with Gasteiger partial charge in [-0.25, -0.2) is 4.79 Å². The van der Waals surface area contributed by atoms with Crippen molar-refractivity contribution in [2.24, 2.45) is 0 Å². The maximum Gasteiger partial charge on any atom is 0.341 e. The second kappa shape index (κ2) is 9.70. The second-order valence-corrected chi connectivity index (χ2v) is 9.56. The molecule has 2 amide bonds. The van der Waals surface area contributed by atoms with Gasteiger partial charge in [-0.3, -0.25) is 19.8 Å². The molecule has 154 valence electrons. The Kier molecular flexibility index (Phi) is 7.47. The fraction of sp³-hybridized carbons (Fsp3) is 0.0526. The van der Waals surface area contributed by atoms with E-state index in [1.165, 1.54) is 11.0 Å². The lowest BCUT2D eigenvalue weighted by atomic mass is 10.1. The Morgan fingerprint density at radius 3 is 2.37 bits per heavy atom. The van der Waals surface area contributed by atoms with Gasteiger partial charge in [0.15, 0.2) is 11.7 Å². The minimum atomic E-state index is -1.08. The van der Waals surface area contributed by atoms with E-state index >= 15 is 0 Å². The molecular weight excluding hydrogens is 702 g/mol. The number of carboxylic acid groups (broad SMARTS) is 1. The molecule has 2 N–H and O–H groups in total. The van der Waals surface area contributed by atoms with E-state index < -0.39 is 24.4 Å². The Bertz CT molecular complexity index is 1080. The number of amides is 2. The van der Waals surface area contributed by atoms with Crippen molar-refractivity contribution in [1.82, 2.24) is 5.32 Å². The van der Waals surface area contributed by atoms with Crippen molar-refractivity contribution in [1.29, 1.82) is 0 Å². The summed E-state index contributed by atoms with van der Waals surface area (Å²) in [5, 5.41) is 11.3. The van der Waals surface area contributed by atoms with Crippen molar-refractivity contribution < 1.29 is 24.2 Å². The predicted octanol–water partition coefficient (Wildman–Crippen LogP) is 3.95. The topological polar surface area (TPSA) is 95.9 Å². The summed E-state index contributed by atoms with van der Waals surface area (Å²) in [6, 6.07) is 10.4. The van der Waals surface area contributed by atoms with Gasteiger partial charge in [0.05, 0.1) is 12.8 Å². The molecule has 0 atom stereocenters. The molecule has 30 heavy (non-hydrogen) atoms. The van der Waals surface area contributed by atoms with Gasteiger partial charge in [0.25, 0.3) is 11.8 Å². The zero-order valence-electron chi connectivity index (χ0n) is 14.8. The molecule has 0 spiro atoms. The second-order valence-electron chi connectivity index (χ2n) is 5.93. The molecule has 0 unspecified atom stereocenters. The number of benzene rings is 2. The van der Waals surface area contributed by atoms with Crippen molar-refractivity contribution in [2.75, 3.05) is 11.5 Å². The van der Waals surface area contributed by atoms with Crippen LogP contribution in [0, 0.1) is 7.14 Å². The number of hydrogen-bond donors (Lipinski definition) is 2. The first-order chi connectivity index (χ1) is 14.2. The van der Waals surface area contributed by atoms with Gasteiger partial charge in [0.2, 0.25) is 0 Å². The molecule has 0 bridgehead atoms. The van der Waals surface area contributed by atoms with Gasteiger partial charge in [-0.2, -0.15) is 0 Å². The van der Waals surface area contributed by atoms with Crippen LogP contribution in [0.4, 0.5) is 5.69 Å². The van der Waals surface area contributed by atoms with Crippen LogP contribution in [-0.2, 0) is 14.4 Å². The lowest BCUT2D eigenvalue weighted by molar-refractivity contribution is -0.139. The van der Waals surface area contributed by atoms with E-state index in [1.54, 1.807) is 36.4 Å². The third-order valence-electron chi connectivity index (χ3n) is 3.86. The van der Waals surface area contributed by atoms with Gasteiger partial charge >= 0.3 is 5.97 Å². The summed E-state index contributed by atoms with van der Waals surface area (Å²) in [7, 11) is 0. The molecule has 1 aliphatic heterocycles. The van der Waals surface area contributed by atoms with Crippen LogP contribution < -0.4 is 15.0 Å². The van der Waals surface area contributed by atoms with Crippen molar-refractivity contribution in [3.63, 3.8) is 0 Å². The van der Waals surface area contributed by atoms with Gasteiger partial charge in [-0.1, -0.05) is 15.9 Å². The maximum absolute atomic E-state index is 13.1. The molecule has 1 fully saturated rings. The average Bonchev–Trinajstić information content (AvgIpc) is 2.65. The molecule has 0 radical (unpaired) electrons. The zero-order chi connectivity index (χ0) is 22.0. The van der Waals surface area contributed by atoms with Crippen molar-refractivity contribution in [3.8, 4) is 5.75 Å². The van der Waals surface area contributed by atoms with Crippen LogP contribution in [0.2, 0.25) is 0 Å². The first-order valence-corrected chi connectivity index (χ1v) is 11.5. The van der Waals surface area contributed by atoms with Gasteiger partial charge in [-0.05, 0) is 105 Å². The standard InChI is InChI=1S/C19H11BrI2N2O5S/c20-10-1-3-11(4-2-10)24-18(28)12(17(27)23-19(24)30)5-9-6-13(21)16(14(22)7-9)29-8-15(25)26/h1-7H,8H2,(H,25,26)(H,23,27,30)/b12-5+. The fourth-order valence-electron chi connectivity index (χ4n) is 2.58. The zero-order valence-corrected chi connectivity index (χ0v) is 21.5. The molecule has 1 heterocycles. The van der Waals surface area contributed by atoms with E-state index in [4.69, 9.17) is 22.1 Å². The SMILES string of the molecule is O=C(O)COc1c(I)cc(/C=C2\C(=O)NC(=S)N(c3ccc(Br)cc3)C2=O)cc1I. The summed E-state index contributed by atoms with van der Waals surface area (Å²) in [5.74, 6) is -1.78. The van der Waals surface area contributed by atoms with Crippen LogP contribution >= 0.6 is 73.3 Å². The van der Waals surface area contributed by atoms with Crippen molar-refractivity contribution in [2.45, 2.75) is 0 Å². The number of nitrogens with zero attached hydrogens (tertiary/aromatic N) is 1. The summed E-state index contributed by atoms with van der Waals surface area (Å²) in [6.07, 6.45) is 1.47. The molecule has 3 rings (SSSR count). The Labute approximate surface area is 212 Å². The number of carbonyl (C=O) groups excluding carboxylic acids is 2. The average molecular weight is 713 g/mol. The highest BCUT2D eigenvalue weighted by molar-refractivity contribution is 14.1. The molecule has 2 aromatic rings. The smallest absolute Gasteiger partial charge is 0.341 e. The highest BCUT2D eigenvalue weighted by Gasteiger charge is 2.34. The van der Waals surface area contributed by atoms with E-state index in [1.807, 2.05) is 45.2 Å².